The van der Waals surface area contributed by atoms with Gasteiger partial charge in [-0.25, -0.2) is 0 Å². The maximum absolute atomic E-state index is 12.3. The molecule has 2 aromatic carbocycles. The van der Waals surface area contributed by atoms with Crippen LogP contribution in [0.4, 0.5) is 11.4 Å². The minimum absolute atomic E-state index is 0.0258. The number of carbonyl (C=O) groups excluding carboxylic acids is 2. The molecule has 24 heavy (non-hydrogen) atoms. The van der Waals surface area contributed by atoms with Gasteiger partial charge in [0.15, 0.2) is 0 Å². The number of fused-ring (bicyclic) bond motifs is 1. The molecule has 124 valence electrons. The van der Waals surface area contributed by atoms with E-state index in [1.807, 2.05) is 44.2 Å². The van der Waals surface area contributed by atoms with Gasteiger partial charge < -0.3 is 10.2 Å². The molecule has 1 aliphatic rings. The summed E-state index contributed by atoms with van der Waals surface area (Å²) in [4.78, 5) is 25.8. The third-order valence-corrected chi connectivity index (χ3v) is 4.51. The fraction of sp³-hybridized carbons (Fsp3) is 0.300. The summed E-state index contributed by atoms with van der Waals surface area (Å²) in [5, 5.41) is 2.98. The monoisotopic (exact) mass is 322 g/mol. The number of amides is 2. The second-order valence-corrected chi connectivity index (χ2v) is 6.46. The molecule has 0 aliphatic carbocycles. The quantitative estimate of drug-likeness (QED) is 0.941. The largest absolute Gasteiger partial charge is 0.326 e. The van der Waals surface area contributed by atoms with Crippen molar-refractivity contribution in [3.63, 3.8) is 0 Å². The Morgan fingerprint density at radius 1 is 1.12 bits per heavy atom. The van der Waals surface area contributed by atoms with E-state index in [2.05, 4.69) is 11.4 Å². The van der Waals surface area contributed by atoms with Gasteiger partial charge in [0.1, 0.15) is 0 Å². The summed E-state index contributed by atoms with van der Waals surface area (Å²) in [5.74, 6) is 0.116. The lowest BCUT2D eigenvalue weighted by molar-refractivity contribution is -0.118. The predicted octanol–water partition coefficient (Wildman–Crippen LogP) is 3.39. The molecule has 1 N–H and O–H groups in total. The van der Waals surface area contributed by atoms with Crippen LogP contribution in [-0.4, -0.2) is 18.9 Å². The average molecular weight is 322 g/mol. The molecule has 2 amide bonds. The maximum atomic E-state index is 12.3. The molecule has 4 heteroatoms. The highest BCUT2D eigenvalue weighted by Gasteiger charge is 2.21. The fourth-order valence-corrected chi connectivity index (χ4v) is 3.15. The number of aryl methyl sites for hydroxylation is 3. The predicted molar refractivity (Wildman–Crippen MR) is 96.4 cm³/mol. The van der Waals surface area contributed by atoms with Crippen LogP contribution >= 0.6 is 0 Å². The van der Waals surface area contributed by atoms with E-state index < -0.39 is 0 Å². The molecule has 1 aliphatic heterocycles. The number of hydrogen-bond acceptors (Lipinski definition) is 2. The number of rotatable bonds is 3. The zero-order chi connectivity index (χ0) is 17.3. The number of nitrogens with zero attached hydrogens (tertiary/aromatic N) is 1. The van der Waals surface area contributed by atoms with Crippen molar-refractivity contribution in [2.24, 2.45) is 0 Å². The lowest BCUT2D eigenvalue weighted by Crippen LogP contribution is -2.31. The zero-order valence-electron chi connectivity index (χ0n) is 14.3. The van der Waals surface area contributed by atoms with Crippen LogP contribution in [0.15, 0.2) is 36.4 Å². The molecule has 3 rings (SSSR count). The average Bonchev–Trinajstić information content (AvgIpc) is 2.54. The number of benzene rings is 2. The summed E-state index contributed by atoms with van der Waals surface area (Å²) >= 11 is 0. The van der Waals surface area contributed by atoms with E-state index in [1.54, 1.807) is 11.9 Å². The van der Waals surface area contributed by atoms with Gasteiger partial charge in [0.05, 0.1) is 6.42 Å². The van der Waals surface area contributed by atoms with Crippen molar-refractivity contribution < 1.29 is 9.59 Å². The second-order valence-electron chi connectivity index (χ2n) is 6.46. The van der Waals surface area contributed by atoms with E-state index in [9.17, 15) is 9.59 Å². The normalized spacial score (nSPS) is 13.6. The van der Waals surface area contributed by atoms with Crippen LogP contribution in [0.5, 0.6) is 0 Å². The highest BCUT2D eigenvalue weighted by molar-refractivity contribution is 5.96. The number of carbonyl (C=O) groups is 2. The Bertz CT molecular complexity index is 811. The molecule has 2 aromatic rings. The highest BCUT2D eigenvalue weighted by atomic mass is 16.2. The SMILES string of the molecule is Cc1ccc(NC(=O)Cc2ccc3c(c2)CCC(=O)N3C)c(C)c1. The summed E-state index contributed by atoms with van der Waals surface area (Å²) in [7, 11) is 1.80. The maximum Gasteiger partial charge on any atom is 0.228 e. The smallest absolute Gasteiger partial charge is 0.228 e. The molecule has 0 unspecified atom stereocenters. The Hall–Kier alpha value is -2.62. The van der Waals surface area contributed by atoms with Crippen LogP contribution in [0, 0.1) is 13.8 Å². The van der Waals surface area contributed by atoms with Crippen LogP contribution in [0.2, 0.25) is 0 Å². The third kappa shape index (κ3) is 3.32. The molecular weight excluding hydrogens is 300 g/mol. The Morgan fingerprint density at radius 2 is 1.92 bits per heavy atom. The van der Waals surface area contributed by atoms with Crippen molar-refractivity contribution in [1.29, 1.82) is 0 Å². The second kappa shape index (κ2) is 6.48. The van der Waals surface area contributed by atoms with E-state index >= 15 is 0 Å². The van der Waals surface area contributed by atoms with Gasteiger partial charge in [-0.2, -0.15) is 0 Å². The van der Waals surface area contributed by atoms with Crippen LogP contribution in [0.1, 0.15) is 28.7 Å². The minimum Gasteiger partial charge on any atom is -0.326 e. The first kappa shape index (κ1) is 16.2. The summed E-state index contributed by atoms with van der Waals surface area (Å²) < 4.78 is 0. The van der Waals surface area contributed by atoms with Gasteiger partial charge in [-0.15, -0.1) is 0 Å². The van der Waals surface area contributed by atoms with E-state index in [0.717, 1.165) is 34.5 Å². The molecular formula is C20H22N2O2. The standard InChI is InChI=1S/C20H22N2O2/c1-13-4-7-17(14(2)10-13)21-19(23)12-15-5-8-18-16(11-15)6-9-20(24)22(18)3/h4-5,7-8,10-11H,6,9,12H2,1-3H3,(H,21,23). The summed E-state index contributed by atoms with van der Waals surface area (Å²) in [6.45, 7) is 4.03. The van der Waals surface area contributed by atoms with Crippen molar-refractivity contribution >= 4 is 23.2 Å². The lowest BCUT2D eigenvalue weighted by atomic mass is 9.98. The van der Waals surface area contributed by atoms with E-state index in [-0.39, 0.29) is 11.8 Å². The molecule has 4 nitrogen and oxygen atoms in total. The van der Waals surface area contributed by atoms with Crippen molar-refractivity contribution in [2.45, 2.75) is 33.1 Å². The molecule has 0 bridgehead atoms. The molecule has 0 radical (unpaired) electrons. The van der Waals surface area contributed by atoms with E-state index in [0.29, 0.717) is 12.8 Å². The molecule has 0 aromatic heterocycles. The molecule has 0 saturated carbocycles. The summed E-state index contributed by atoms with van der Waals surface area (Å²) in [5.41, 5.74) is 6.15. The van der Waals surface area contributed by atoms with Crippen molar-refractivity contribution in [2.75, 3.05) is 17.3 Å². The van der Waals surface area contributed by atoms with Crippen molar-refractivity contribution in [1.82, 2.24) is 0 Å². The first-order chi connectivity index (χ1) is 11.4. The van der Waals surface area contributed by atoms with Gasteiger partial charge in [0.2, 0.25) is 11.8 Å². The van der Waals surface area contributed by atoms with Gasteiger partial charge in [-0.1, -0.05) is 29.8 Å². The van der Waals surface area contributed by atoms with Crippen molar-refractivity contribution in [3.8, 4) is 0 Å². The summed E-state index contributed by atoms with van der Waals surface area (Å²) in [6, 6.07) is 11.9. The Balaban J connectivity index is 1.72. The molecule has 0 atom stereocenters. The molecule has 0 fully saturated rings. The van der Waals surface area contributed by atoms with E-state index in [1.165, 1.54) is 5.56 Å². The van der Waals surface area contributed by atoms with Crippen LogP contribution in [0.25, 0.3) is 0 Å². The van der Waals surface area contributed by atoms with Gasteiger partial charge in [0, 0.05) is 24.8 Å². The Kier molecular flexibility index (Phi) is 4.38. The first-order valence-corrected chi connectivity index (χ1v) is 8.19. The summed E-state index contributed by atoms with van der Waals surface area (Å²) in [6.07, 6.45) is 1.60. The molecule has 0 spiro atoms. The first-order valence-electron chi connectivity index (χ1n) is 8.19. The Labute approximate surface area is 142 Å². The minimum atomic E-state index is -0.0258. The van der Waals surface area contributed by atoms with Gasteiger partial charge >= 0.3 is 0 Å². The molecule has 1 heterocycles. The Morgan fingerprint density at radius 3 is 2.67 bits per heavy atom. The third-order valence-electron chi connectivity index (χ3n) is 4.51. The lowest BCUT2D eigenvalue weighted by Gasteiger charge is -2.26. The van der Waals surface area contributed by atoms with E-state index in [4.69, 9.17) is 0 Å². The van der Waals surface area contributed by atoms with Gasteiger partial charge in [0.25, 0.3) is 0 Å². The fourth-order valence-electron chi connectivity index (χ4n) is 3.15. The molecule has 0 saturated heterocycles. The van der Waals surface area contributed by atoms with Gasteiger partial charge in [-0.05, 0) is 49.1 Å². The van der Waals surface area contributed by atoms with Crippen molar-refractivity contribution in [3.05, 3.63) is 58.7 Å². The van der Waals surface area contributed by atoms with Gasteiger partial charge in [-0.3, -0.25) is 9.59 Å². The van der Waals surface area contributed by atoms with Crippen LogP contribution < -0.4 is 10.2 Å². The number of nitrogens with one attached hydrogen (secondary N) is 1. The van der Waals surface area contributed by atoms with Crippen LogP contribution in [0.3, 0.4) is 0 Å². The number of anilines is 2. The highest BCUT2D eigenvalue weighted by Crippen LogP contribution is 2.27. The zero-order valence-corrected chi connectivity index (χ0v) is 14.3. The topological polar surface area (TPSA) is 49.4 Å². The van der Waals surface area contributed by atoms with Crippen LogP contribution in [-0.2, 0) is 22.4 Å². The number of hydrogen-bond donors (Lipinski definition) is 1.